The lowest BCUT2D eigenvalue weighted by molar-refractivity contribution is -0.118. The summed E-state index contributed by atoms with van der Waals surface area (Å²) in [5.74, 6) is 0.799. The first-order valence-electron chi connectivity index (χ1n) is 10.6. The van der Waals surface area contributed by atoms with Crippen LogP contribution in [0.2, 0.25) is 5.02 Å². The van der Waals surface area contributed by atoms with E-state index >= 15 is 0 Å². The average Bonchev–Trinajstić information content (AvgIpc) is 3.31. The van der Waals surface area contributed by atoms with Gasteiger partial charge in [-0.15, -0.1) is 10.2 Å². The summed E-state index contributed by atoms with van der Waals surface area (Å²) in [6.07, 6.45) is 0. The van der Waals surface area contributed by atoms with Gasteiger partial charge in [0.1, 0.15) is 0 Å². The van der Waals surface area contributed by atoms with Crippen LogP contribution in [0.3, 0.4) is 0 Å². The van der Waals surface area contributed by atoms with Crippen LogP contribution in [-0.4, -0.2) is 44.4 Å². The molecule has 1 heterocycles. The molecule has 0 spiro atoms. The molecule has 1 aromatic heterocycles. The molecule has 0 aliphatic heterocycles. The molecule has 0 fully saturated rings. The molecule has 4 rings (SSSR count). The average molecular weight is 508 g/mol. The summed E-state index contributed by atoms with van der Waals surface area (Å²) < 4.78 is 7.01. The Bertz CT molecular complexity index is 1360. The van der Waals surface area contributed by atoms with Gasteiger partial charge in [0.25, 0.3) is 5.91 Å². The lowest BCUT2D eigenvalue weighted by atomic mass is 10.1. The molecule has 8 nitrogen and oxygen atoms in total. The highest BCUT2D eigenvalue weighted by Crippen LogP contribution is 2.29. The van der Waals surface area contributed by atoms with Crippen molar-refractivity contribution in [3.63, 3.8) is 0 Å². The van der Waals surface area contributed by atoms with Gasteiger partial charge in [-0.3, -0.25) is 9.36 Å². The minimum atomic E-state index is -0.299. The van der Waals surface area contributed by atoms with E-state index in [9.17, 15) is 9.90 Å². The van der Waals surface area contributed by atoms with Gasteiger partial charge >= 0.3 is 0 Å². The lowest BCUT2D eigenvalue weighted by Gasteiger charge is -2.10. The maximum atomic E-state index is 12.5. The van der Waals surface area contributed by atoms with Crippen LogP contribution in [-0.2, 0) is 4.79 Å². The number of hydrogen-bond donors (Lipinski definition) is 2. The number of nitrogens with one attached hydrogen (secondary N) is 1. The zero-order valence-electron chi connectivity index (χ0n) is 19.0. The van der Waals surface area contributed by atoms with Crippen molar-refractivity contribution in [3.05, 3.63) is 83.4 Å². The highest BCUT2D eigenvalue weighted by molar-refractivity contribution is 7.99. The minimum absolute atomic E-state index is 0.0316. The van der Waals surface area contributed by atoms with E-state index in [2.05, 4.69) is 20.7 Å². The second-order valence-corrected chi connectivity index (χ2v) is 8.77. The van der Waals surface area contributed by atoms with E-state index in [-0.39, 0.29) is 17.4 Å². The minimum Gasteiger partial charge on any atom is -0.504 e. The molecule has 2 N–H and O–H groups in total. The first-order valence-corrected chi connectivity index (χ1v) is 11.9. The van der Waals surface area contributed by atoms with Crippen LogP contribution in [0, 0.1) is 0 Å². The van der Waals surface area contributed by atoms with Gasteiger partial charge in [0, 0.05) is 21.8 Å². The maximum Gasteiger partial charge on any atom is 0.250 e. The number of methoxy groups -OCH3 is 1. The molecule has 0 aliphatic carbocycles. The van der Waals surface area contributed by atoms with Gasteiger partial charge in [0.2, 0.25) is 0 Å². The van der Waals surface area contributed by atoms with Crippen molar-refractivity contribution in [2.24, 2.45) is 5.10 Å². The van der Waals surface area contributed by atoms with Crippen molar-refractivity contribution in [3.8, 4) is 28.6 Å². The van der Waals surface area contributed by atoms with Crippen molar-refractivity contribution >= 4 is 35.0 Å². The molecule has 0 unspecified atom stereocenters. The third kappa shape index (κ3) is 5.82. The van der Waals surface area contributed by atoms with Gasteiger partial charge in [-0.05, 0) is 49.4 Å². The summed E-state index contributed by atoms with van der Waals surface area (Å²) in [6.45, 7) is 1.75. The fourth-order valence-corrected chi connectivity index (χ4v) is 4.11. The third-order valence-corrected chi connectivity index (χ3v) is 6.21. The van der Waals surface area contributed by atoms with Crippen molar-refractivity contribution in [2.45, 2.75) is 12.1 Å². The number of nitrogens with zero attached hydrogens (tertiary/aromatic N) is 4. The monoisotopic (exact) mass is 507 g/mol. The van der Waals surface area contributed by atoms with E-state index in [0.717, 1.165) is 11.3 Å². The van der Waals surface area contributed by atoms with Crippen molar-refractivity contribution < 1.29 is 14.6 Å². The molecule has 4 aromatic rings. The smallest absolute Gasteiger partial charge is 0.250 e. The molecule has 0 saturated carbocycles. The molecule has 35 heavy (non-hydrogen) atoms. The van der Waals surface area contributed by atoms with Crippen LogP contribution >= 0.6 is 23.4 Å². The van der Waals surface area contributed by atoms with Crippen LogP contribution in [0.4, 0.5) is 0 Å². The number of carbonyl (C=O) groups is 1. The Labute approximate surface area is 211 Å². The topological polar surface area (TPSA) is 102 Å². The zero-order valence-corrected chi connectivity index (χ0v) is 20.5. The Balaban J connectivity index is 1.50. The SMILES string of the molecule is COc1cc(C(C)=NNC(=O)CSc2nnc(-c3ccccc3)n2-c2ccc(Cl)cc2)ccc1O. The number of halogens is 1. The number of hydrazone groups is 1. The Hall–Kier alpha value is -3.82. The van der Waals surface area contributed by atoms with E-state index in [1.807, 2.05) is 47.0 Å². The normalized spacial score (nSPS) is 11.3. The fraction of sp³-hybridized carbons (Fsp3) is 0.120. The number of carbonyl (C=O) groups excluding carboxylic acids is 1. The summed E-state index contributed by atoms with van der Waals surface area (Å²) >= 11 is 7.32. The van der Waals surface area contributed by atoms with Crippen LogP contribution in [0.5, 0.6) is 11.5 Å². The molecule has 0 bridgehead atoms. The van der Waals surface area contributed by atoms with Crippen LogP contribution in [0.1, 0.15) is 12.5 Å². The lowest BCUT2D eigenvalue weighted by Crippen LogP contribution is -2.21. The van der Waals surface area contributed by atoms with Gasteiger partial charge in [-0.25, -0.2) is 5.43 Å². The number of amides is 1. The summed E-state index contributed by atoms with van der Waals surface area (Å²) in [6, 6.07) is 21.9. The number of aromatic hydroxyl groups is 1. The first-order chi connectivity index (χ1) is 17.0. The number of rotatable bonds is 8. The maximum absolute atomic E-state index is 12.5. The van der Waals surface area contributed by atoms with Crippen molar-refractivity contribution in [2.75, 3.05) is 12.9 Å². The molecule has 1 amide bonds. The second-order valence-electron chi connectivity index (χ2n) is 7.39. The summed E-state index contributed by atoms with van der Waals surface area (Å²) in [7, 11) is 1.47. The molecule has 178 valence electrons. The highest BCUT2D eigenvalue weighted by atomic mass is 35.5. The number of thioether (sulfide) groups is 1. The molecule has 0 atom stereocenters. The van der Waals surface area contributed by atoms with Crippen LogP contribution in [0.25, 0.3) is 17.1 Å². The Kier molecular flexibility index (Phi) is 7.69. The van der Waals surface area contributed by atoms with Crippen LogP contribution < -0.4 is 10.2 Å². The molecule has 10 heteroatoms. The summed E-state index contributed by atoms with van der Waals surface area (Å²) in [5, 5.41) is 23.8. The number of phenolic OH excluding ortho intramolecular Hbond substituents is 1. The molecule has 0 saturated heterocycles. The zero-order chi connectivity index (χ0) is 24.8. The van der Waals surface area contributed by atoms with Gasteiger partial charge in [0.15, 0.2) is 22.5 Å². The standard InChI is InChI=1S/C25H22ClN5O3S/c1-16(18-8-13-21(32)22(14-18)34-2)27-28-23(33)15-35-25-30-29-24(17-6-4-3-5-7-17)31(25)20-11-9-19(26)10-12-20/h3-14,32H,15H2,1-2H3,(H,28,33). The predicted molar refractivity (Wildman–Crippen MR) is 138 cm³/mol. The summed E-state index contributed by atoms with van der Waals surface area (Å²) in [4.78, 5) is 12.5. The first kappa shape index (κ1) is 24.3. The molecule has 0 radical (unpaired) electrons. The number of aromatic nitrogens is 3. The Morgan fingerprint density at radius 2 is 1.86 bits per heavy atom. The Morgan fingerprint density at radius 3 is 2.57 bits per heavy atom. The van der Waals surface area contributed by atoms with E-state index in [1.165, 1.54) is 24.9 Å². The fourth-order valence-electron chi connectivity index (χ4n) is 3.24. The Morgan fingerprint density at radius 1 is 1.11 bits per heavy atom. The molecule has 0 aliphatic rings. The van der Waals surface area contributed by atoms with Crippen molar-refractivity contribution in [1.82, 2.24) is 20.2 Å². The number of benzene rings is 3. The van der Waals surface area contributed by atoms with E-state index < -0.39 is 0 Å². The second kappa shape index (κ2) is 11.1. The third-order valence-electron chi connectivity index (χ3n) is 5.03. The molecular formula is C25H22ClN5O3S. The van der Waals surface area contributed by atoms with E-state index in [1.54, 1.807) is 31.2 Å². The largest absolute Gasteiger partial charge is 0.504 e. The summed E-state index contributed by atoms with van der Waals surface area (Å²) in [5.41, 5.74) is 5.56. The van der Waals surface area contributed by atoms with Crippen LogP contribution in [0.15, 0.2) is 83.1 Å². The van der Waals surface area contributed by atoms with Crippen molar-refractivity contribution in [1.29, 1.82) is 0 Å². The molecule has 3 aromatic carbocycles. The predicted octanol–water partition coefficient (Wildman–Crippen LogP) is 4.93. The van der Waals surface area contributed by atoms with Gasteiger partial charge in [-0.2, -0.15) is 5.10 Å². The van der Waals surface area contributed by atoms with Gasteiger partial charge < -0.3 is 9.84 Å². The molecular weight excluding hydrogens is 486 g/mol. The quantitative estimate of drug-likeness (QED) is 0.199. The van der Waals surface area contributed by atoms with E-state index in [4.69, 9.17) is 16.3 Å². The van der Waals surface area contributed by atoms with Gasteiger partial charge in [-0.1, -0.05) is 53.7 Å². The number of hydrogen-bond acceptors (Lipinski definition) is 7. The van der Waals surface area contributed by atoms with E-state index in [0.29, 0.717) is 33.0 Å². The van der Waals surface area contributed by atoms with Gasteiger partial charge in [0.05, 0.1) is 18.6 Å². The highest BCUT2D eigenvalue weighted by Gasteiger charge is 2.17. The number of phenols is 1. The number of ether oxygens (including phenoxy) is 1.